The summed E-state index contributed by atoms with van der Waals surface area (Å²) >= 11 is 1.30. The standard InChI is InChI=1S/C23H25N3O6S2/c1-34(28,29)17-3-4-18-21(15-17)33-23(24-18)26(7-6-25-8-10-30-11-9-25)22(27)16-2-5-19-20(14-16)32-13-12-31-19/h2-5,14-15H,6-13H2,1H3. The SMILES string of the molecule is CS(=O)(=O)c1ccc2nc(N(CCN3CCOCC3)C(=O)c3ccc4c(c3)OCCO4)sc2c1. The van der Waals surface area contributed by atoms with Crippen LogP contribution in [0.25, 0.3) is 10.2 Å². The number of carbonyl (C=O) groups excluding carboxylic acids is 1. The summed E-state index contributed by atoms with van der Waals surface area (Å²) in [6.07, 6.45) is 1.18. The molecule has 1 fully saturated rings. The molecule has 0 saturated carbocycles. The molecule has 0 bridgehead atoms. The van der Waals surface area contributed by atoms with E-state index < -0.39 is 9.84 Å². The maximum Gasteiger partial charge on any atom is 0.260 e. The second-order valence-corrected chi connectivity index (χ2v) is 11.2. The second kappa shape index (κ2) is 9.49. The van der Waals surface area contributed by atoms with Gasteiger partial charge in [-0.15, -0.1) is 0 Å². The first kappa shape index (κ1) is 23.0. The Bertz CT molecular complexity index is 1320. The van der Waals surface area contributed by atoms with E-state index in [9.17, 15) is 13.2 Å². The summed E-state index contributed by atoms with van der Waals surface area (Å²) in [5.41, 5.74) is 1.13. The summed E-state index contributed by atoms with van der Waals surface area (Å²) in [5, 5.41) is 0.522. The predicted molar refractivity (Wildman–Crippen MR) is 129 cm³/mol. The van der Waals surface area contributed by atoms with Gasteiger partial charge in [0.15, 0.2) is 26.5 Å². The number of amides is 1. The van der Waals surface area contributed by atoms with Gasteiger partial charge in [0.2, 0.25) is 0 Å². The number of morpholine rings is 1. The topological polar surface area (TPSA) is 98.3 Å². The first-order valence-corrected chi connectivity index (χ1v) is 13.7. The molecule has 0 unspecified atom stereocenters. The third kappa shape index (κ3) is 4.88. The van der Waals surface area contributed by atoms with Gasteiger partial charge >= 0.3 is 0 Å². The fourth-order valence-electron chi connectivity index (χ4n) is 3.92. The summed E-state index contributed by atoms with van der Waals surface area (Å²) in [6.45, 7) is 4.99. The van der Waals surface area contributed by atoms with Crippen molar-refractivity contribution in [1.29, 1.82) is 0 Å². The first-order valence-electron chi connectivity index (χ1n) is 11.0. The molecule has 0 radical (unpaired) electrons. The monoisotopic (exact) mass is 503 g/mol. The van der Waals surface area contributed by atoms with E-state index >= 15 is 0 Å². The van der Waals surface area contributed by atoms with E-state index in [2.05, 4.69) is 9.88 Å². The molecule has 5 rings (SSSR count). The third-order valence-electron chi connectivity index (χ3n) is 5.79. The van der Waals surface area contributed by atoms with Crippen molar-refractivity contribution < 1.29 is 27.4 Å². The number of sulfone groups is 1. The molecule has 0 spiro atoms. The minimum atomic E-state index is -3.34. The van der Waals surface area contributed by atoms with Gasteiger partial charge in [0.1, 0.15) is 13.2 Å². The zero-order valence-electron chi connectivity index (χ0n) is 18.7. The number of ether oxygens (including phenoxy) is 3. The number of rotatable bonds is 6. The van der Waals surface area contributed by atoms with Crippen LogP contribution in [0.5, 0.6) is 11.5 Å². The zero-order chi connectivity index (χ0) is 23.7. The largest absolute Gasteiger partial charge is 0.486 e. The van der Waals surface area contributed by atoms with Gasteiger partial charge in [0.25, 0.3) is 5.91 Å². The van der Waals surface area contributed by atoms with Crippen LogP contribution < -0.4 is 14.4 Å². The predicted octanol–water partition coefficient (Wildman–Crippen LogP) is 2.45. The molecule has 1 amide bonds. The van der Waals surface area contributed by atoms with Crippen LogP contribution in [0.3, 0.4) is 0 Å². The summed E-state index contributed by atoms with van der Waals surface area (Å²) in [6, 6.07) is 10.0. The summed E-state index contributed by atoms with van der Waals surface area (Å²) in [5.74, 6) is 0.968. The normalized spacial score (nSPS) is 16.5. The van der Waals surface area contributed by atoms with Gasteiger partial charge in [0.05, 0.1) is 28.3 Å². The van der Waals surface area contributed by atoms with E-state index in [-0.39, 0.29) is 10.8 Å². The van der Waals surface area contributed by atoms with Crippen LogP contribution in [0, 0.1) is 0 Å². The highest BCUT2D eigenvalue weighted by Crippen LogP contribution is 2.34. The number of aromatic nitrogens is 1. The van der Waals surface area contributed by atoms with Gasteiger partial charge in [-0.25, -0.2) is 13.4 Å². The molecule has 9 nitrogen and oxygen atoms in total. The molecule has 2 aliphatic rings. The second-order valence-electron chi connectivity index (χ2n) is 8.17. The Hall–Kier alpha value is -2.73. The molecule has 34 heavy (non-hydrogen) atoms. The number of hydrogen-bond donors (Lipinski definition) is 0. The van der Waals surface area contributed by atoms with E-state index in [0.29, 0.717) is 71.9 Å². The maximum absolute atomic E-state index is 13.7. The zero-order valence-corrected chi connectivity index (χ0v) is 20.4. The van der Waals surface area contributed by atoms with Crippen molar-refractivity contribution in [3.63, 3.8) is 0 Å². The number of nitrogens with zero attached hydrogens (tertiary/aromatic N) is 3. The van der Waals surface area contributed by atoms with Crippen LogP contribution in [0.15, 0.2) is 41.3 Å². The Morgan fingerprint density at radius 1 is 1.06 bits per heavy atom. The van der Waals surface area contributed by atoms with Crippen LogP contribution in [0.1, 0.15) is 10.4 Å². The lowest BCUT2D eigenvalue weighted by molar-refractivity contribution is 0.0391. The average molecular weight is 504 g/mol. The molecule has 1 aromatic heterocycles. The quantitative estimate of drug-likeness (QED) is 0.506. The molecule has 3 heterocycles. The highest BCUT2D eigenvalue weighted by Gasteiger charge is 2.25. The third-order valence-corrected chi connectivity index (χ3v) is 7.94. The lowest BCUT2D eigenvalue weighted by Crippen LogP contribution is -2.43. The van der Waals surface area contributed by atoms with Gasteiger partial charge in [-0.3, -0.25) is 14.6 Å². The minimum absolute atomic E-state index is 0.201. The Labute approximate surface area is 201 Å². The summed E-state index contributed by atoms with van der Waals surface area (Å²) < 4.78 is 41.4. The highest BCUT2D eigenvalue weighted by molar-refractivity contribution is 7.90. The number of benzene rings is 2. The number of anilines is 1. The molecule has 3 aromatic rings. The molecular weight excluding hydrogens is 478 g/mol. The highest BCUT2D eigenvalue weighted by atomic mass is 32.2. The summed E-state index contributed by atoms with van der Waals surface area (Å²) in [4.78, 5) is 22.5. The van der Waals surface area contributed by atoms with Crippen LogP contribution in [0.4, 0.5) is 5.13 Å². The van der Waals surface area contributed by atoms with Gasteiger partial charge in [-0.2, -0.15) is 0 Å². The van der Waals surface area contributed by atoms with Gasteiger partial charge in [-0.1, -0.05) is 11.3 Å². The lowest BCUT2D eigenvalue weighted by Gasteiger charge is -2.29. The van der Waals surface area contributed by atoms with Gasteiger partial charge in [-0.05, 0) is 36.4 Å². The minimum Gasteiger partial charge on any atom is -0.486 e. The molecule has 0 aliphatic carbocycles. The molecule has 11 heteroatoms. The maximum atomic E-state index is 13.7. The first-order chi connectivity index (χ1) is 16.4. The fourth-order valence-corrected chi connectivity index (χ4v) is 5.67. The molecule has 2 aromatic carbocycles. The number of carbonyl (C=O) groups is 1. The van der Waals surface area contributed by atoms with E-state index in [1.54, 1.807) is 41.3 Å². The molecule has 180 valence electrons. The van der Waals surface area contributed by atoms with E-state index in [1.165, 1.54) is 17.6 Å². The van der Waals surface area contributed by atoms with Crippen LogP contribution in [-0.4, -0.2) is 83.1 Å². The Morgan fingerprint density at radius 2 is 1.82 bits per heavy atom. The van der Waals surface area contributed by atoms with Crippen molar-refractivity contribution in [3.05, 3.63) is 42.0 Å². The van der Waals surface area contributed by atoms with Crippen molar-refractivity contribution in [1.82, 2.24) is 9.88 Å². The van der Waals surface area contributed by atoms with E-state index in [4.69, 9.17) is 14.2 Å². The van der Waals surface area contributed by atoms with Crippen molar-refractivity contribution in [2.24, 2.45) is 0 Å². The lowest BCUT2D eigenvalue weighted by atomic mass is 10.1. The molecular formula is C23H25N3O6S2. The summed E-state index contributed by atoms with van der Waals surface area (Å²) in [7, 11) is -3.34. The molecule has 1 saturated heterocycles. The Balaban J connectivity index is 1.48. The van der Waals surface area contributed by atoms with Crippen molar-refractivity contribution in [3.8, 4) is 11.5 Å². The number of fused-ring (bicyclic) bond motifs is 2. The average Bonchev–Trinajstić information content (AvgIpc) is 3.27. The van der Waals surface area contributed by atoms with E-state index in [0.717, 1.165) is 13.1 Å². The van der Waals surface area contributed by atoms with Crippen molar-refractivity contribution in [2.45, 2.75) is 4.90 Å². The Morgan fingerprint density at radius 3 is 2.59 bits per heavy atom. The molecule has 0 N–H and O–H groups in total. The van der Waals surface area contributed by atoms with Crippen LogP contribution >= 0.6 is 11.3 Å². The molecule has 0 atom stereocenters. The number of thiazole rings is 1. The Kier molecular flexibility index (Phi) is 6.43. The smallest absolute Gasteiger partial charge is 0.260 e. The van der Waals surface area contributed by atoms with Crippen molar-refractivity contribution >= 4 is 42.4 Å². The van der Waals surface area contributed by atoms with Crippen LogP contribution in [0.2, 0.25) is 0 Å². The van der Waals surface area contributed by atoms with E-state index in [1.807, 2.05) is 0 Å². The van der Waals surface area contributed by atoms with Crippen molar-refractivity contribution in [2.75, 3.05) is 63.8 Å². The fraction of sp³-hybridized carbons (Fsp3) is 0.391. The number of hydrogen-bond acceptors (Lipinski definition) is 9. The molecule has 2 aliphatic heterocycles. The van der Waals surface area contributed by atoms with Crippen LogP contribution in [-0.2, 0) is 14.6 Å². The van der Waals surface area contributed by atoms with Gasteiger partial charge < -0.3 is 14.2 Å². The van der Waals surface area contributed by atoms with Gasteiger partial charge in [0, 0.05) is 38.0 Å².